The van der Waals surface area contributed by atoms with Gasteiger partial charge in [0.05, 0.1) is 13.7 Å². The number of carbonyl (C=O) groups is 1. The number of unbranched alkanes of at least 4 members (excludes halogenated alkanes) is 1. The number of hydrogen-bond acceptors (Lipinski definition) is 5. The van der Waals surface area contributed by atoms with Crippen LogP contribution < -0.4 is 4.74 Å². The number of benzene rings is 1. The highest BCUT2D eigenvalue weighted by Crippen LogP contribution is 2.12. The zero-order valence-corrected chi connectivity index (χ0v) is 11.3. The zero-order valence-electron chi connectivity index (χ0n) is 11.3. The summed E-state index contributed by atoms with van der Waals surface area (Å²) in [6.07, 6.45) is 1.84. The highest BCUT2D eigenvalue weighted by atomic mass is 16.5. The van der Waals surface area contributed by atoms with Gasteiger partial charge in [0.15, 0.2) is 5.71 Å². The molecule has 0 heterocycles. The first-order chi connectivity index (χ1) is 9.17. The highest BCUT2D eigenvalue weighted by molar-refractivity contribution is 6.36. The van der Waals surface area contributed by atoms with Crippen molar-refractivity contribution in [3.8, 4) is 5.75 Å². The lowest BCUT2D eigenvalue weighted by atomic mass is 10.2. The van der Waals surface area contributed by atoms with Gasteiger partial charge in [-0.25, -0.2) is 4.79 Å². The molecule has 0 aliphatic carbocycles. The minimum Gasteiger partial charge on any atom is -0.494 e. The second kappa shape index (κ2) is 8.13. The largest absolute Gasteiger partial charge is 0.494 e. The van der Waals surface area contributed by atoms with Gasteiger partial charge in [-0.05, 0) is 31.9 Å². The van der Waals surface area contributed by atoms with Gasteiger partial charge in [0.1, 0.15) is 5.75 Å². The van der Waals surface area contributed by atoms with Crippen LogP contribution >= 0.6 is 0 Å². The second-order valence-electron chi connectivity index (χ2n) is 4.16. The summed E-state index contributed by atoms with van der Waals surface area (Å²) in [5.74, 6) is 0.233. The van der Waals surface area contributed by atoms with Gasteiger partial charge in [-0.1, -0.05) is 22.9 Å². The van der Waals surface area contributed by atoms with Gasteiger partial charge in [-0.15, -0.1) is 0 Å². The van der Waals surface area contributed by atoms with Crippen LogP contribution in [0.2, 0.25) is 0 Å². The third-order valence-electron chi connectivity index (χ3n) is 2.64. The molecular weight excluding hydrogens is 246 g/mol. The standard InChI is InChI=1S/C14H19NO4/c1-11-6-8-12(9-7-11)19-10-4-3-5-13(15-17)14(16)18-2/h6-9,17H,3-5,10H2,1-2H3. The van der Waals surface area contributed by atoms with E-state index in [9.17, 15) is 4.79 Å². The molecule has 19 heavy (non-hydrogen) atoms. The van der Waals surface area contributed by atoms with Crippen LogP contribution in [-0.4, -0.2) is 30.6 Å². The first kappa shape index (κ1) is 15.0. The average Bonchev–Trinajstić information content (AvgIpc) is 2.44. The molecule has 0 unspecified atom stereocenters. The number of carbonyl (C=O) groups excluding carboxylic acids is 1. The Balaban J connectivity index is 2.21. The van der Waals surface area contributed by atoms with Crippen LogP contribution in [-0.2, 0) is 9.53 Å². The number of oxime groups is 1. The van der Waals surface area contributed by atoms with E-state index in [1.165, 1.54) is 12.7 Å². The number of rotatable bonds is 7. The quantitative estimate of drug-likeness (QED) is 0.270. The molecule has 0 fully saturated rings. The van der Waals surface area contributed by atoms with Gasteiger partial charge >= 0.3 is 5.97 Å². The topological polar surface area (TPSA) is 68.1 Å². The Kier molecular flexibility index (Phi) is 6.43. The molecule has 5 heteroatoms. The Hall–Kier alpha value is -2.04. The molecular formula is C14H19NO4. The lowest BCUT2D eigenvalue weighted by Crippen LogP contribution is -2.16. The van der Waals surface area contributed by atoms with Crippen molar-refractivity contribution < 1.29 is 19.5 Å². The van der Waals surface area contributed by atoms with E-state index in [4.69, 9.17) is 9.94 Å². The number of aryl methyl sites for hydroxylation is 1. The summed E-state index contributed by atoms with van der Waals surface area (Å²) in [7, 11) is 1.26. The van der Waals surface area contributed by atoms with Crippen LogP contribution in [0.25, 0.3) is 0 Å². The molecule has 0 amide bonds. The lowest BCUT2D eigenvalue weighted by molar-refractivity contribution is -0.133. The Bertz CT molecular complexity index is 426. The molecule has 1 N–H and O–H groups in total. The maximum atomic E-state index is 11.1. The summed E-state index contributed by atoms with van der Waals surface area (Å²) in [6.45, 7) is 2.58. The first-order valence-electron chi connectivity index (χ1n) is 6.16. The summed E-state index contributed by atoms with van der Waals surface area (Å²) in [6, 6.07) is 7.82. The minimum absolute atomic E-state index is 0.0397. The van der Waals surface area contributed by atoms with Gasteiger partial charge in [-0.3, -0.25) is 0 Å². The number of hydrogen-bond donors (Lipinski definition) is 1. The molecule has 1 rings (SSSR count). The molecule has 0 atom stereocenters. The summed E-state index contributed by atoms with van der Waals surface area (Å²) in [5, 5.41) is 11.6. The van der Waals surface area contributed by atoms with E-state index in [0.717, 1.165) is 12.2 Å². The predicted molar refractivity (Wildman–Crippen MR) is 71.8 cm³/mol. The summed E-state index contributed by atoms with van der Waals surface area (Å²) >= 11 is 0. The van der Waals surface area contributed by atoms with Crippen molar-refractivity contribution >= 4 is 11.7 Å². The number of ether oxygens (including phenoxy) is 2. The third-order valence-corrected chi connectivity index (χ3v) is 2.64. The average molecular weight is 265 g/mol. The summed E-state index contributed by atoms with van der Waals surface area (Å²) < 4.78 is 10.0. The molecule has 0 aliphatic rings. The predicted octanol–water partition coefficient (Wildman–Crippen LogP) is 2.55. The fourth-order valence-corrected chi connectivity index (χ4v) is 1.53. The molecule has 0 radical (unpaired) electrons. The van der Waals surface area contributed by atoms with Crippen molar-refractivity contribution in [3.63, 3.8) is 0 Å². The van der Waals surface area contributed by atoms with Gasteiger partial charge in [0.2, 0.25) is 0 Å². The molecule has 1 aromatic carbocycles. The third kappa shape index (κ3) is 5.42. The van der Waals surface area contributed by atoms with Crippen molar-refractivity contribution in [1.82, 2.24) is 0 Å². The van der Waals surface area contributed by atoms with E-state index in [1.54, 1.807) is 0 Å². The van der Waals surface area contributed by atoms with Crippen molar-refractivity contribution in [3.05, 3.63) is 29.8 Å². The van der Waals surface area contributed by atoms with E-state index in [2.05, 4.69) is 9.89 Å². The Morgan fingerprint density at radius 2 is 1.95 bits per heavy atom. The molecule has 0 saturated heterocycles. The highest BCUT2D eigenvalue weighted by Gasteiger charge is 2.11. The van der Waals surface area contributed by atoms with E-state index < -0.39 is 5.97 Å². The molecule has 0 aromatic heterocycles. The molecule has 0 saturated carbocycles. The molecule has 0 aliphatic heterocycles. The smallest absolute Gasteiger partial charge is 0.355 e. The van der Waals surface area contributed by atoms with E-state index in [1.807, 2.05) is 31.2 Å². The number of nitrogens with zero attached hydrogens (tertiary/aromatic N) is 1. The summed E-state index contributed by atoms with van der Waals surface area (Å²) in [4.78, 5) is 11.1. The van der Waals surface area contributed by atoms with Crippen LogP contribution in [0.5, 0.6) is 5.75 Å². The van der Waals surface area contributed by atoms with Crippen molar-refractivity contribution in [1.29, 1.82) is 0 Å². The number of methoxy groups -OCH3 is 1. The van der Waals surface area contributed by atoms with Gasteiger partial charge in [0, 0.05) is 6.42 Å². The second-order valence-corrected chi connectivity index (χ2v) is 4.16. The van der Waals surface area contributed by atoms with Crippen LogP contribution in [0.3, 0.4) is 0 Å². The van der Waals surface area contributed by atoms with Crippen molar-refractivity contribution in [2.24, 2.45) is 5.16 Å². The van der Waals surface area contributed by atoms with Gasteiger partial charge < -0.3 is 14.7 Å². The van der Waals surface area contributed by atoms with Crippen LogP contribution in [0, 0.1) is 6.92 Å². The summed E-state index contributed by atoms with van der Waals surface area (Å²) in [5.41, 5.74) is 1.23. The molecule has 0 bridgehead atoms. The Labute approximate surface area is 112 Å². The molecule has 0 spiro atoms. The normalized spacial score (nSPS) is 11.2. The lowest BCUT2D eigenvalue weighted by Gasteiger charge is -2.06. The molecule has 1 aromatic rings. The van der Waals surface area contributed by atoms with Crippen LogP contribution in [0.4, 0.5) is 0 Å². The molecule has 104 valence electrons. The van der Waals surface area contributed by atoms with Crippen LogP contribution in [0.1, 0.15) is 24.8 Å². The fraction of sp³-hybridized carbons (Fsp3) is 0.429. The first-order valence-corrected chi connectivity index (χ1v) is 6.16. The van der Waals surface area contributed by atoms with Gasteiger partial charge in [-0.2, -0.15) is 0 Å². The number of esters is 1. The van der Waals surface area contributed by atoms with E-state index in [-0.39, 0.29) is 5.71 Å². The zero-order chi connectivity index (χ0) is 14.1. The van der Waals surface area contributed by atoms with Gasteiger partial charge in [0.25, 0.3) is 0 Å². The van der Waals surface area contributed by atoms with E-state index >= 15 is 0 Å². The van der Waals surface area contributed by atoms with E-state index in [0.29, 0.717) is 19.4 Å². The minimum atomic E-state index is -0.595. The van der Waals surface area contributed by atoms with Crippen LogP contribution in [0.15, 0.2) is 29.4 Å². The molecule has 5 nitrogen and oxygen atoms in total. The maximum Gasteiger partial charge on any atom is 0.355 e. The fourth-order valence-electron chi connectivity index (χ4n) is 1.53. The SMILES string of the molecule is COC(=O)C(CCCCOc1ccc(C)cc1)=NO. The van der Waals surface area contributed by atoms with Crippen molar-refractivity contribution in [2.45, 2.75) is 26.2 Å². The Morgan fingerprint density at radius 3 is 2.53 bits per heavy atom. The maximum absolute atomic E-state index is 11.1. The Morgan fingerprint density at radius 1 is 1.26 bits per heavy atom. The van der Waals surface area contributed by atoms with Crippen molar-refractivity contribution in [2.75, 3.05) is 13.7 Å². The monoisotopic (exact) mass is 265 g/mol.